The third-order valence-corrected chi connectivity index (χ3v) is 5.99. The van der Waals surface area contributed by atoms with Gasteiger partial charge in [0, 0.05) is 5.92 Å². The van der Waals surface area contributed by atoms with Crippen LogP contribution in [0.3, 0.4) is 0 Å². The summed E-state index contributed by atoms with van der Waals surface area (Å²) in [5, 5.41) is 0. The van der Waals surface area contributed by atoms with Crippen LogP contribution in [-0.4, -0.2) is 19.9 Å². The fourth-order valence-electron chi connectivity index (χ4n) is 4.62. The van der Waals surface area contributed by atoms with Crippen molar-refractivity contribution in [2.45, 2.75) is 24.7 Å². The van der Waals surface area contributed by atoms with Crippen molar-refractivity contribution in [2.75, 3.05) is 13.9 Å². The van der Waals surface area contributed by atoms with Gasteiger partial charge in [0.2, 0.25) is 6.79 Å². The van der Waals surface area contributed by atoms with Crippen LogP contribution in [0.4, 0.5) is 0 Å². The second-order valence-electron chi connectivity index (χ2n) is 7.49. The molecule has 0 fully saturated rings. The number of methoxy groups -OCH3 is 1. The molecule has 0 spiro atoms. The van der Waals surface area contributed by atoms with Gasteiger partial charge in [-0.3, -0.25) is 4.79 Å². The number of aryl methyl sites for hydroxylation is 2. The summed E-state index contributed by atoms with van der Waals surface area (Å²) in [4.78, 5) is 13.1. The normalized spacial score (nSPS) is 15.8. The van der Waals surface area contributed by atoms with Gasteiger partial charge in [0.05, 0.1) is 13.0 Å². The van der Waals surface area contributed by atoms with Crippen molar-refractivity contribution >= 4 is 5.97 Å². The van der Waals surface area contributed by atoms with Crippen molar-refractivity contribution in [3.05, 3.63) is 94.5 Å². The van der Waals surface area contributed by atoms with E-state index in [9.17, 15) is 4.79 Å². The SMILES string of the molecule is COC(=O)C(c1ccc2c(c1)OCO2)C1c2ccccc2CCc2ccccc21. The van der Waals surface area contributed by atoms with Crippen molar-refractivity contribution in [1.82, 2.24) is 0 Å². The Morgan fingerprint density at radius 1 is 0.897 bits per heavy atom. The topological polar surface area (TPSA) is 44.8 Å². The zero-order valence-electron chi connectivity index (χ0n) is 16.3. The summed E-state index contributed by atoms with van der Waals surface area (Å²) in [6, 6.07) is 22.6. The van der Waals surface area contributed by atoms with Gasteiger partial charge in [-0.15, -0.1) is 0 Å². The van der Waals surface area contributed by atoms with E-state index in [4.69, 9.17) is 14.2 Å². The van der Waals surface area contributed by atoms with E-state index < -0.39 is 5.92 Å². The van der Waals surface area contributed by atoms with Crippen molar-refractivity contribution in [1.29, 1.82) is 0 Å². The molecule has 4 nitrogen and oxygen atoms in total. The Balaban J connectivity index is 1.73. The van der Waals surface area contributed by atoms with Gasteiger partial charge >= 0.3 is 5.97 Å². The average Bonchev–Trinajstić information content (AvgIpc) is 3.17. The Labute approximate surface area is 170 Å². The predicted molar refractivity (Wildman–Crippen MR) is 109 cm³/mol. The first-order valence-corrected chi connectivity index (χ1v) is 9.89. The molecule has 2 aliphatic rings. The van der Waals surface area contributed by atoms with E-state index in [2.05, 4.69) is 36.4 Å². The first kappa shape index (κ1) is 17.8. The molecule has 4 heteroatoms. The Kier molecular flexibility index (Phi) is 4.47. The minimum absolute atomic E-state index is 0.127. The first-order valence-electron chi connectivity index (χ1n) is 9.89. The van der Waals surface area contributed by atoms with E-state index in [1.165, 1.54) is 29.4 Å². The van der Waals surface area contributed by atoms with Crippen molar-refractivity contribution < 1.29 is 19.0 Å². The molecule has 0 saturated heterocycles. The third-order valence-electron chi connectivity index (χ3n) is 5.99. The molecule has 5 rings (SSSR count). The van der Waals surface area contributed by atoms with E-state index in [-0.39, 0.29) is 18.7 Å². The summed E-state index contributed by atoms with van der Waals surface area (Å²) in [6.07, 6.45) is 1.91. The number of rotatable bonds is 3. The van der Waals surface area contributed by atoms with E-state index in [0.29, 0.717) is 11.5 Å². The maximum absolute atomic E-state index is 13.1. The van der Waals surface area contributed by atoms with Gasteiger partial charge in [0.1, 0.15) is 0 Å². The number of ether oxygens (including phenoxy) is 3. The highest BCUT2D eigenvalue weighted by atomic mass is 16.7. The van der Waals surface area contributed by atoms with Crippen LogP contribution in [0.25, 0.3) is 0 Å². The Morgan fingerprint density at radius 2 is 1.52 bits per heavy atom. The summed E-state index contributed by atoms with van der Waals surface area (Å²) >= 11 is 0. The molecule has 1 heterocycles. The van der Waals surface area contributed by atoms with Crippen molar-refractivity contribution in [3.63, 3.8) is 0 Å². The Hall–Kier alpha value is -3.27. The molecule has 1 aliphatic heterocycles. The summed E-state index contributed by atoms with van der Waals surface area (Å²) < 4.78 is 16.3. The summed E-state index contributed by atoms with van der Waals surface area (Å²) in [6.45, 7) is 0.205. The van der Waals surface area contributed by atoms with Crippen LogP contribution in [0.5, 0.6) is 11.5 Å². The highest BCUT2D eigenvalue weighted by Crippen LogP contribution is 2.46. The zero-order valence-corrected chi connectivity index (χ0v) is 16.3. The maximum Gasteiger partial charge on any atom is 0.314 e. The van der Waals surface area contributed by atoms with E-state index in [0.717, 1.165) is 18.4 Å². The summed E-state index contributed by atoms with van der Waals surface area (Å²) in [5.74, 6) is 0.527. The van der Waals surface area contributed by atoms with Gasteiger partial charge in [-0.1, -0.05) is 54.6 Å². The molecule has 1 atom stereocenters. The molecule has 0 N–H and O–H groups in total. The second kappa shape index (κ2) is 7.28. The lowest BCUT2D eigenvalue weighted by Crippen LogP contribution is -2.23. The maximum atomic E-state index is 13.1. The molecule has 146 valence electrons. The van der Waals surface area contributed by atoms with E-state index in [1.807, 2.05) is 30.3 Å². The summed E-state index contributed by atoms with van der Waals surface area (Å²) in [5.41, 5.74) is 5.81. The molecule has 0 saturated carbocycles. The quantitative estimate of drug-likeness (QED) is 0.617. The van der Waals surface area contributed by atoms with Gasteiger partial charge in [-0.2, -0.15) is 0 Å². The van der Waals surface area contributed by atoms with Crippen molar-refractivity contribution in [2.24, 2.45) is 0 Å². The molecule has 29 heavy (non-hydrogen) atoms. The van der Waals surface area contributed by atoms with Gasteiger partial charge in [-0.05, 0) is 52.8 Å². The molecule has 0 aromatic heterocycles. The average molecular weight is 386 g/mol. The highest BCUT2D eigenvalue weighted by Gasteiger charge is 2.37. The highest BCUT2D eigenvalue weighted by molar-refractivity contribution is 5.81. The van der Waals surface area contributed by atoms with Crippen molar-refractivity contribution in [3.8, 4) is 11.5 Å². The molecule has 1 aliphatic carbocycles. The number of carbonyl (C=O) groups is 1. The molecular weight excluding hydrogens is 364 g/mol. The fraction of sp³-hybridized carbons (Fsp3) is 0.240. The standard InChI is InChI=1S/C25H22O4/c1-27-25(26)23(18-12-13-21-22(14-18)29-15-28-21)24-19-8-4-2-6-16(19)10-11-17-7-3-5-9-20(17)24/h2-9,12-14,23-24H,10-11,15H2,1H3. The molecule has 3 aromatic rings. The lowest BCUT2D eigenvalue weighted by atomic mass is 9.75. The van der Waals surface area contributed by atoms with Crippen LogP contribution in [0.15, 0.2) is 66.7 Å². The van der Waals surface area contributed by atoms with Crippen LogP contribution < -0.4 is 9.47 Å². The molecule has 0 radical (unpaired) electrons. The summed E-state index contributed by atoms with van der Waals surface area (Å²) in [7, 11) is 1.46. The minimum Gasteiger partial charge on any atom is -0.469 e. The van der Waals surface area contributed by atoms with Crippen LogP contribution in [0, 0.1) is 0 Å². The number of carbonyl (C=O) groups excluding carboxylic acids is 1. The minimum atomic E-state index is -0.477. The number of hydrogen-bond donors (Lipinski definition) is 0. The predicted octanol–water partition coefficient (Wildman–Crippen LogP) is 4.60. The lowest BCUT2D eigenvalue weighted by molar-refractivity contribution is -0.142. The number of benzene rings is 3. The zero-order chi connectivity index (χ0) is 19.8. The molecule has 1 unspecified atom stereocenters. The monoisotopic (exact) mass is 386 g/mol. The molecular formula is C25H22O4. The lowest BCUT2D eigenvalue weighted by Gasteiger charge is -2.28. The second-order valence-corrected chi connectivity index (χ2v) is 7.49. The Bertz CT molecular complexity index is 1020. The number of fused-ring (bicyclic) bond motifs is 3. The van der Waals surface area contributed by atoms with Crippen LogP contribution in [-0.2, 0) is 22.4 Å². The van der Waals surface area contributed by atoms with E-state index >= 15 is 0 Å². The first-order chi connectivity index (χ1) is 14.3. The third kappa shape index (κ3) is 3.05. The molecule has 3 aromatic carbocycles. The number of esters is 1. The molecule has 0 amide bonds. The fourth-order valence-corrected chi connectivity index (χ4v) is 4.62. The van der Waals surface area contributed by atoms with Gasteiger partial charge in [-0.25, -0.2) is 0 Å². The van der Waals surface area contributed by atoms with Gasteiger partial charge in [0.25, 0.3) is 0 Å². The smallest absolute Gasteiger partial charge is 0.314 e. The van der Waals surface area contributed by atoms with Crippen LogP contribution >= 0.6 is 0 Å². The number of hydrogen-bond acceptors (Lipinski definition) is 4. The molecule has 0 bridgehead atoms. The van der Waals surface area contributed by atoms with Crippen LogP contribution in [0.2, 0.25) is 0 Å². The largest absolute Gasteiger partial charge is 0.469 e. The van der Waals surface area contributed by atoms with Crippen LogP contribution in [0.1, 0.15) is 39.7 Å². The Morgan fingerprint density at radius 3 is 2.17 bits per heavy atom. The van der Waals surface area contributed by atoms with Gasteiger partial charge < -0.3 is 14.2 Å². The van der Waals surface area contributed by atoms with E-state index in [1.54, 1.807) is 0 Å². The van der Waals surface area contributed by atoms with Gasteiger partial charge in [0.15, 0.2) is 11.5 Å².